The molecule has 28 heavy (non-hydrogen) atoms. The van der Waals surface area contributed by atoms with Crippen molar-refractivity contribution >= 4 is 5.91 Å². The number of nitrogens with one attached hydrogen (secondary N) is 1. The van der Waals surface area contributed by atoms with Gasteiger partial charge in [-0.1, -0.05) is 41.6 Å². The molecule has 0 saturated heterocycles. The van der Waals surface area contributed by atoms with E-state index in [4.69, 9.17) is 4.52 Å². The molecule has 4 rings (SSSR count). The van der Waals surface area contributed by atoms with E-state index in [1.807, 2.05) is 37.3 Å². The van der Waals surface area contributed by atoms with Crippen molar-refractivity contribution in [2.75, 3.05) is 0 Å². The number of hydrogen-bond acceptors (Lipinski definition) is 5. The van der Waals surface area contributed by atoms with Crippen LogP contribution >= 0.6 is 0 Å². The zero-order valence-electron chi connectivity index (χ0n) is 15.8. The summed E-state index contributed by atoms with van der Waals surface area (Å²) in [6, 6.07) is 9.88. The number of amides is 1. The van der Waals surface area contributed by atoms with Gasteiger partial charge < -0.3 is 9.84 Å². The van der Waals surface area contributed by atoms with Crippen LogP contribution < -0.4 is 5.32 Å². The molecule has 6 heteroatoms. The Labute approximate surface area is 163 Å². The van der Waals surface area contributed by atoms with Gasteiger partial charge in [0, 0.05) is 30.3 Å². The fraction of sp³-hybridized carbons (Fsp3) is 0.273. The van der Waals surface area contributed by atoms with Crippen LogP contribution in [0, 0.1) is 12.8 Å². The van der Waals surface area contributed by atoms with Crippen LogP contribution in [0.5, 0.6) is 0 Å². The van der Waals surface area contributed by atoms with Gasteiger partial charge in [0.15, 0.2) is 5.76 Å². The molecular formula is C22H22N4O2. The van der Waals surface area contributed by atoms with Gasteiger partial charge in [-0.2, -0.15) is 0 Å². The Balaban J connectivity index is 1.47. The first kappa shape index (κ1) is 18.1. The van der Waals surface area contributed by atoms with E-state index in [9.17, 15) is 4.79 Å². The number of rotatable bonds is 5. The summed E-state index contributed by atoms with van der Waals surface area (Å²) in [6.45, 7) is 2.40. The van der Waals surface area contributed by atoms with Crippen LogP contribution in [0.25, 0.3) is 22.6 Å². The molecule has 1 amide bonds. The maximum Gasteiger partial charge on any atom is 0.223 e. The first-order chi connectivity index (χ1) is 13.7. The number of aryl methyl sites for hydroxylation is 1. The summed E-state index contributed by atoms with van der Waals surface area (Å²) in [7, 11) is 0. The Morgan fingerprint density at radius 3 is 2.82 bits per heavy atom. The Bertz CT molecular complexity index is 992. The minimum absolute atomic E-state index is 0.0956. The Morgan fingerprint density at radius 2 is 2.11 bits per heavy atom. The molecule has 0 fully saturated rings. The normalized spacial score (nSPS) is 16.1. The summed E-state index contributed by atoms with van der Waals surface area (Å²) in [6.07, 6.45) is 10.2. The lowest BCUT2D eigenvalue weighted by Crippen LogP contribution is -2.30. The van der Waals surface area contributed by atoms with Crippen molar-refractivity contribution in [1.29, 1.82) is 0 Å². The van der Waals surface area contributed by atoms with Crippen LogP contribution in [0.15, 0.2) is 59.5 Å². The van der Waals surface area contributed by atoms with E-state index in [0.717, 1.165) is 47.3 Å². The van der Waals surface area contributed by atoms with Crippen LogP contribution in [0.4, 0.5) is 0 Å². The average molecular weight is 374 g/mol. The van der Waals surface area contributed by atoms with Crippen molar-refractivity contribution < 1.29 is 9.32 Å². The van der Waals surface area contributed by atoms with Gasteiger partial charge in [-0.15, -0.1) is 0 Å². The Morgan fingerprint density at radius 1 is 1.25 bits per heavy atom. The molecule has 0 bridgehead atoms. The summed E-state index contributed by atoms with van der Waals surface area (Å²) in [4.78, 5) is 20.8. The molecule has 2 aromatic heterocycles. The lowest BCUT2D eigenvalue weighted by molar-refractivity contribution is -0.125. The molecule has 142 valence electrons. The van der Waals surface area contributed by atoms with Gasteiger partial charge in [-0.25, -0.2) is 9.97 Å². The zero-order valence-corrected chi connectivity index (χ0v) is 15.8. The third-order valence-electron chi connectivity index (χ3n) is 4.94. The lowest BCUT2D eigenvalue weighted by atomic mass is 9.93. The topological polar surface area (TPSA) is 80.9 Å². The van der Waals surface area contributed by atoms with Gasteiger partial charge in [-0.05, 0) is 31.7 Å². The van der Waals surface area contributed by atoms with Crippen molar-refractivity contribution in [3.63, 3.8) is 0 Å². The molecule has 1 aliphatic rings. The molecule has 6 nitrogen and oxygen atoms in total. The number of allylic oxidation sites excluding steroid dienone is 2. The fourth-order valence-corrected chi connectivity index (χ4v) is 3.38. The number of aromatic nitrogens is 3. The van der Waals surface area contributed by atoms with Crippen LogP contribution in [-0.4, -0.2) is 21.0 Å². The summed E-state index contributed by atoms with van der Waals surface area (Å²) >= 11 is 0. The third-order valence-corrected chi connectivity index (χ3v) is 4.94. The Kier molecular flexibility index (Phi) is 5.28. The van der Waals surface area contributed by atoms with E-state index in [0.29, 0.717) is 12.3 Å². The lowest BCUT2D eigenvalue weighted by Gasteiger charge is -2.17. The molecule has 0 radical (unpaired) electrons. The molecule has 1 N–H and O–H groups in total. The minimum Gasteiger partial charge on any atom is -0.356 e. The van der Waals surface area contributed by atoms with Crippen molar-refractivity contribution in [2.24, 2.45) is 5.92 Å². The number of benzene rings is 1. The van der Waals surface area contributed by atoms with Gasteiger partial charge in [0.25, 0.3) is 0 Å². The largest absolute Gasteiger partial charge is 0.356 e. The van der Waals surface area contributed by atoms with Crippen LogP contribution in [0.1, 0.15) is 30.5 Å². The maximum atomic E-state index is 12.3. The monoisotopic (exact) mass is 374 g/mol. The molecule has 1 atom stereocenters. The van der Waals surface area contributed by atoms with E-state index in [-0.39, 0.29) is 11.8 Å². The molecule has 2 heterocycles. The van der Waals surface area contributed by atoms with Crippen molar-refractivity contribution in [3.05, 3.63) is 66.3 Å². The number of nitrogens with zero attached hydrogens (tertiary/aromatic N) is 3. The molecule has 0 spiro atoms. The van der Waals surface area contributed by atoms with Gasteiger partial charge >= 0.3 is 0 Å². The van der Waals surface area contributed by atoms with E-state index in [1.54, 1.807) is 6.20 Å². The van der Waals surface area contributed by atoms with Gasteiger partial charge in [0.1, 0.15) is 6.33 Å². The van der Waals surface area contributed by atoms with Crippen LogP contribution in [0.3, 0.4) is 0 Å². The molecule has 0 unspecified atom stereocenters. The first-order valence-electron chi connectivity index (χ1n) is 9.46. The molecule has 1 aliphatic carbocycles. The quantitative estimate of drug-likeness (QED) is 0.681. The number of carbonyl (C=O) groups is 1. The van der Waals surface area contributed by atoms with Crippen LogP contribution in [-0.2, 0) is 11.3 Å². The molecule has 0 saturated carbocycles. The zero-order chi connectivity index (χ0) is 19.3. The highest BCUT2D eigenvalue weighted by Gasteiger charge is 2.18. The van der Waals surface area contributed by atoms with Crippen molar-refractivity contribution in [2.45, 2.75) is 32.7 Å². The Hall–Kier alpha value is -3.28. The second-order valence-electron chi connectivity index (χ2n) is 7.01. The van der Waals surface area contributed by atoms with Crippen LogP contribution in [0.2, 0.25) is 0 Å². The van der Waals surface area contributed by atoms with E-state index in [1.165, 1.54) is 6.33 Å². The fourth-order valence-electron chi connectivity index (χ4n) is 3.38. The second kappa shape index (κ2) is 8.17. The van der Waals surface area contributed by atoms with Gasteiger partial charge in [0.05, 0.1) is 17.0 Å². The molecule has 1 aromatic carbocycles. The third kappa shape index (κ3) is 4.01. The molecular weight excluding hydrogens is 352 g/mol. The molecule has 3 aromatic rings. The number of hydrogen-bond donors (Lipinski definition) is 1. The van der Waals surface area contributed by atoms with E-state index >= 15 is 0 Å². The van der Waals surface area contributed by atoms with Crippen molar-refractivity contribution in [3.8, 4) is 22.6 Å². The van der Waals surface area contributed by atoms with E-state index < -0.39 is 0 Å². The second-order valence-corrected chi connectivity index (χ2v) is 7.01. The van der Waals surface area contributed by atoms with E-state index in [2.05, 4.69) is 32.6 Å². The highest BCUT2D eigenvalue weighted by Crippen LogP contribution is 2.30. The van der Waals surface area contributed by atoms with Crippen molar-refractivity contribution in [1.82, 2.24) is 20.4 Å². The summed E-state index contributed by atoms with van der Waals surface area (Å²) in [5, 5.41) is 6.99. The summed E-state index contributed by atoms with van der Waals surface area (Å²) in [5.41, 5.74) is 4.41. The predicted molar refractivity (Wildman–Crippen MR) is 106 cm³/mol. The standard InChI is InChI=1S/C22H22N4O2/c1-15-11-20(28-26-15)19-13-23-14-25-21(19)17-9-7-16(8-10-17)12-24-22(27)18-5-3-2-4-6-18/h2-3,7-11,13-14,18H,4-6,12H2,1H3,(H,24,27)/t18-/m1/s1. The smallest absolute Gasteiger partial charge is 0.223 e. The summed E-state index contributed by atoms with van der Waals surface area (Å²) < 4.78 is 5.38. The van der Waals surface area contributed by atoms with Gasteiger partial charge in [0.2, 0.25) is 5.91 Å². The summed E-state index contributed by atoms with van der Waals surface area (Å²) in [5.74, 6) is 0.872. The highest BCUT2D eigenvalue weighted by molar-refractivity contribution is 5.79. The first-order valence-corrected chi connectivity index (χ1v) is 9.46. The molecule has 0 aliphatic heterocycles. The minimum atomic E-state index is 0.0956. The average Bonchev–Trinajstić information content (AvgIpc) is 3.19. The maximum absolute atomic E-state index is 12.3. The van der Waals surface area contributed by atoms with Gasteiger partial charge in [-0.3, -0.25) is 4.79 Å². The number of carbonyl (C=O) groups excluding carboxylic acids is 1. The predicted octanol–water partition coefficient (Wildman–Crippen LogP) is 4.08. The highest BCUT2D eigenvalue weighted by atomic mass is 16.5. The SMILES string of the molecule is Cc1cc(-c2cncnc2-c2ccc(CNC(=O)[C@@H]3CC=CCC3)cc2)on1.